The average Bonchev–Trinajstić information content (AvgIpc) is 3.51. The Balaban J connectivity index is 1.37. The molecule has 0 unspecified atom stereocenters. The van der Waals surface area contributed by atoms with Crippen molar-refractivity contribution in [1.82, 2.24) is 34.4 Å². The Hall–Kier alpha value is -3.54. The number of aliphatic hydroxyl groups excluding tert-OH is 1. The molecule has 1 saturated carbocycles. The van der Waals surface area contributed by atoms with E-state index in [1.165, 1.54) is 6.20 Å². The fraction of sp³-hybridized carbons (Fsp3) is 0.440. The molecule has 11 heteroatoms. The molecular weight excluding hydrogens is 460 g/mol. The highest BCUT2D eigenvalue weighted by Gasteiger charge is 2.31. The van der Waals surface area contributed by atoms with Crippen molar-refractivity contribution in [2.24, 2.45) is 0 Å². The lowest BCUT2D eigenvalue weighted by Crippen LogP contribution is -2.50. The summed E-state index contributed by atoms with van der Waals surface area (Å²) in [5.41, 5.74) is 4.21. The fourth-order valence-electron chi connectivity index (χ4n) is 4.90. The summed E-state index contributed by atoms with van der Waals surface area (Å²) in [4.78, 5) is 24.5. The van der Waals surface area contributed by atoms with Gasteiger partial charge in [-0.25, -0.2) is 14.5 Å². The lowest BCUT2D eigenvalue weighted by Gasteiger charge is -2.32. The van der Waals surface area contributed by atoms with Gasteiger partial charge in [0.05, 0.1) is 42.9 Å². The molecule has 4 aromatic rings. The first-order valence-electron chi connectivity index (χ1n) is 12.4. The number of nitrogens with zero attached hydrogens (tertiary/aromatic N) is 6. The van der Waals surface area contributed by atoms with Gasteiger partial charge in [0.25, 0.3) is 5.91 Å². The van der Waals surface area contributed by atoms with Gasteiger partial charge in [0.1, 0.15) is 5.65 Å². The number of ether oxygens (including phenoxy) is 1. The van der Waals surface area contributed by atoms with Crippen LogP contribution in [-0.4, -0.2) is 92.1 Å². The first kappa shape index (κ1) is 22.9. The molecule has 1 saturated heterocycles. The Labute approximate surface area is 208 Å². The van der Waals surface area contributed by atoms with Crippen LogP contribution in [0.3, 0.4) is 0 Å². The largest absolute Gasteiger partial charge is 0.391 e. The number of aromatic nitrogens is 5. The van der Waals surface area contributed by atoms with Crippen LogP contribution in [0.2, 0.25) is 0 Å². The molecule has 0 bridgehead atoms. The van der Waals surface area contributed by atoms with Crippen molar-refractivity contribution in [3.63, 3.8) is 0 Å². The number of pyridine rings is 1. The third-order valence-corrected chi connectivity index (χ3v) is 7.19. The van der Waals surface area contributed by atoms with Crippen LogP contribution in [0.15, 0.2) is 36.8 Å². The van der Waals surface area contributed by atoms with Gasteiger partial charge in [0, 0.05) is 56.6 Å². The molecule has 4 aromatic heterocycles. The molecule has 5 heterocycles. The van der Waals surface area contributed by atoms with E-state index in [1.54, 1.807) is 10.7 Å². The molecule has 0 aromatic carbocycles. The summed E-state index contributed by atoms with van der Waals surface area (Å²) in [7, 11) is 1.82. The van der Waals surface area contributed by atoms with Crippen LogP contribution in [0.1, 0.15) is 23.3 Å². The maximum absolute atomic E-state index is 13.0. The average molecular weight is 491 g/mol. The second-order valence-electron chi connectivity index (χ2n) is 9.36. The van der Waals surface area contributed by atoms with Gasteiger partial charge in [-0.05, 0) is 31.0 Å². The number of carbonyl (C=O) groups excluding carboxylic acids is 1. The third kappa shape index (κ3) is 4.08. The van der Waals surface area contributed by atoms with Gasteiger partial charge in [-0.1, -0.05) is 0 Å². The summed E-state index contributed by atoms with van der Waals surface area (Å²) in [5.74, 6) is -0.299. The molecule has 3 N–H and O–H groups in total. The van der Waals surface area contributed by atoms with Gasteiger partial charge >= 0.3 is 0 Å². The molecular formula is C25H30N8O3. The van der Waals surface area contributed by atoms with Gasteiger partial charge in [0.15, 0.2) is 11.3 Å². The number of rotatable bonds is 7. The number of hydrogen-bond acceptors (Lipinski definition) is 8. The second-order valence-corrected chi connectivity index (χ2v) is 9.36. The Bertz CT molecular complexity index is 1410. The minimum atomic E-state index is -0.499. The Kier molecular flexibility index (Phi) is 6.04. The number of hydrogen-bond donors (Lipinski definition) is 3. The molecule has 36 heavy (non-hydrogen) atoms. The van der Waals surface area contributed by atoms with Crippen LogP contribution in [-0.2, 0) is 11.3 Å². The standard InChI is InChI=1S/C25H30N8O3/c1-26-20-13-19(30-33-21(14-28-24(20)33)25(35)29-18-4-5-22(18)34)17-15-32(23-16(17)3-2-6-27-23)8-7-31-9-11-36-12-10-31/h2-3,6,13-15,18,22,26,34H,4-5,7-12H2,1H3,(H,29,35)/t18-,22+/m0/s1. The highest BCUT2D eigenvalue weighted by molar-refractivity contribution is 5.96. The van der Waals surface area contributed by atoms with Crippen molar-refractivity contribution in [2.45, 2.75) is 31.5 Å². The zero-order valence-electron chi connectivity index (χ0n) is 20.2. The maximum Gasteiger partial charge on any atom is 0.271 e. The highest BCUT2D eigenvalue weighted by atomic mass is 16.5. The van der Waals surface area contributed by atoms with Crippen LogP contribution in [0.4, 0.5) is 5.69 Å². The van der Waals surface area contributed by atoms with Gasteiger partial charge in [-0.15, -0.1) is 0 Å². The number of anilines is 1. The van der Waals surface area contributed by atoms with E-state index in [0.29, 0.717) is 23.5 Å². The zero-order chi connectivity index (χ0) is 24.6. The van der Waals surface area contributed by atoms with Crippen LogP contribution >= 0.6 is 0 Å². The van der Waals surface area contributed by atoms with E-state index in [-0.39, 0.29) is 11.9 Å². The van der Waals surface area contributed by atoms with E-state index in [0.717, 1.165) is 68.1 Å². The number of aliphatic hydroxyl groups is 1. The van der Waals surface area contributed by atoms with Crippen molar-refractivity contribution in [3.8, 4) is 11.3 Å². The molecule has 1 amide bonds. The van der Waals surface area contributed by atoms with Gasteiger partial charge in [0.2, 0.25) is 0 Å². The monoisotopic (exact) mass is 490 g/mol. The minimum absolute atomic E-state index is 0.231. The lowest BCUT2D eigenvalue weighted by molar-refractivity contribution is 0.0365. The smallest absolute Gasteiger partial charge is 0.271 e. The molecule has 2 atom stereocenters. The Morgan fingerprint density at radius 2 is 2.06 bits per heavy atom. The topological polar surface area (TPSA) is 122 Å². The number of fused-ring (bicyclic) bond motifs is 2. The molecule has 2 aliphatic rings. The Morgan fingerprint density at radius 3 is 2.81 bits per heavy atom. The summed E-state index contributed by atoms with van der Waals surface area (Å²) in [5, 5.41) is 21.8. The van der Waals surface area contributed by atoms with Crippen molar-refractivity contribution in [2.75, 3.05) is 45.2 Å². The summed E-state index contributed by atoms with van der Waals surface area (Å²) in [6.07, 6.45) is 6.39. The third-order valence-electron chi connectivity index (χ3n) is 7.19. The Morgan fingerprint density at radius 1 is 1.19 bits per heavy atom. The van der Waals surface area contributed by atoms with Crippen LogP contribution in [0, 0.1) is 0 Å². The van der Waals surface area contributed by atoms with Gasteiger partial charge in [-0.3, -0.25) is 9.69 Å². The number of carbonyl (C=O) groups is 1. The molecule has 1 aliphatic carbocycles. The second kappa shape index (κ2) is 9.49. The predicted octanol–water partition coefficient (Wildman–Crippen LogP) is 1.37. The maximum atomic E-state index is 13.0. The molecule has 188 valence electrons. The summed E-state index contributed by atoms with van der Waals surface area (Å²) in [6.45, 7) is 5.13. The van der Waals surface area contributed by atoms with E-state index < -0.39 is 6.10 Å². The number of nitrogens with one attached hydrogen (secondary N) is 2. The van der Waals surface area contributed by atoms with E-state index >= 15 is 0 Å². The van der Waals surface area contributed by atoms with E-state index in [4.69, 9.17) is 9.84 Å². The quantitative estimate of drug-likeness (QED) is 0.355. The summed E-state index contributed by atoms with van der Waals surface area (Å²) >= 11 is 0. The summed E-state index contributed by atoms with van der Waals surface area (Å²) in [6, 6.07) is 5.70. The molecule has 0 radical (unpaired) electrons. The molecule has 11 nitrogen and oxygen atoms in total. The molecule has 0 spiro atoms. The van der Waals surface area contributed by atoms with Crippen LogP contribution in [0.5, 0.6) is 0 Å². The lowest BCUT2D eigenvalue weighted by atomic mass is 9.89. The van der Waals surface area contributed by atoms with E-state index in [1.807, 2.05) is 25.2 Å². The first-order valence-corrected chi connectivity index (χ1v) is 12.4. The number of morpholine rings is 1. The van der Waals surface area contributed by atoms with Crippen molar-refractivity contribution in [1.29, 1.82) is 0 Å². The van der Waals surface area contributed by atoms with Gasteiger partial charge < -0.3 is 25.0 Å². The van der Waals surface area contributed by atoms with Crippen molar-refractivity contribution >= 4 is 28.3 Å². The first-order chi connectivity index (χ1) is 17.6. The SMILES string of the molecule is CNc1cc(-c2cn(CCN3CCOCC3)c3ncccc23)nn2c(C(=O)N[C@H]3CC[C@H]3O)cnc12. The van der Waals surface area contributed by atoms with E-state index in [2.05, 4.69) is 36.3 Å². The van der Waals surface area contributed by atoms with Gasteiger partial charge in [-0.2, -0.15) is 5.10 Å². The zero-order valence-corrected chi connectivity index (χ0v) is 20.2. The number of amides is 1. The highest BCUT2D eigenvalue weighted by Crippen LogP contribution is 2.31. The van der Waals surface area contributed by atoms with Crippen LogP contribution < -0.4 is 10.6 Å². The molecule has 6 rings (SSSR count). The molecule has 2 fully saturated rings. The summed E-state index contributed by atoms with van der Waals surface area (Å²) < 4.78 is 9.22. The van der Waals surface area contributed by atoms with Crippen molar-refractivity contribution < 1.29 is 14.6 Å². The normalized spacial score (nSPS) is 20.5. The fourth-order valence-corrected chi connectivity index (χ4v) is 4.90. The van der Waals surface area contributed by atoms with E-state index in [9.17, 15) is 9.90 Å². The van der Waals surface area contributed by atoms with Crippen molar-refractivity contribution in [3.05, 3.63) is 42.5 Å². The number of imidazole rings is 1. The minimum Gasteiger partial charge on any atom is -0.391 e. The molecule has 1 aliphatic heterocycles. The predicted molar refractivity (Wildman–Crippen MR) is 135 cm³/mol. The van der Waals surface area contributed by atoms with Crippen LogP contribution in [0.25, 0.3) is 27.9 Å².